The van der Waals surface area contributed by atoms with E-state index in [1.165, 1.54) is 38.1 Å². The highest BCUT2D eigenvalue weighted by Crippen LogP contribution is 2.45. The molecule has 33 heavy (non-hydrogen) atoms. The third-order valence-corrected chi connectivity index (χ3v) is 6.32. The number of alkyl halides is 3. The highest BCUT2D eigenvalue weighted by atomic mass is 19.4. The first-order valence-corrected chi connectivity index (χ1v) is 9.96. The van der Waals surface area contributed by atoms with Gasteiger partial charge in [-0.1, -0.05) is 12.1 Å². The van der Waals surface area contributed by atoms with Gasteiger partial charge in [-0.2, -0.15) is 22.4 Å². The van der Waals surface area contributed by atoms with E-state index in [4.69, 9.17) is 0 Å². The number of nitrogens with zero attached hydrogens (tertiary/aromatic N) is 2. The van der Waals surface area contributed by atoms with Crippen LogP contribution >= 0.6 is 0 Å². The number of benzene rings is 2. The SMILES string of the molecule is Cc1ccc(C2CC(C)(C(=O)O)C[N+](C(=O)O)(c3ccc([N+](=O)[O-])cc3)C2)cc1C(F)(F)F. The zero-order chi connectivity index (χ0) is 24.8. The molecule has 0 bridgehead atoms. The molecule has 3 atom stereocenters. The lowest BCUT2D eigenvalue weighted by Gasteiger charge is -2.45. The van der Waals surface area contributed by atoms with E-state index >= 15 is 0 Å². The van der Waals surface area contributed by atoms with Crippen LogP contribution in [-0.2, 0) is 11.0 Å². The van der Waals surface area contributed by atoms with Gasteiger partial charge in [-0.05, 0) is 37.5 Å². The van der Waals surface area contributed by atoms with E-state index in [0.29, 0.717) is 0 Å². The molecule has 1 amide bonds. The molecule has 1 heterocycles. The van der Waals surface area contributed by atoms with Crippen LogP contribution in [0.1, 0.15) is 36.0 Å². The van der Waals surface area contributed by atoms with Gasteiger partial charge in [0, 0.05) is 30.2 Å². The van der Waals surface area contributed by atoms with Crippen molar-refractivity contribution in [2.45, 2.75) is 32.4 Å². The fourth-order valence-corrected chi connectivity index (χ4v) is 4.60. The number of carboxylic acid groups (broad SMARTS) is 2. The van der Waals surface area contributed by atoms with Crippen molar-refractivity contribution in [1.29, 1.82) is 0 Å². The Morgan fingerprint density at radius 1 is 1.15 bits per heavy atom. The van der Waals surface area contributed by atoms with Crippen LogP contribution in [-0.4, -0.2) is 40.3 Å². The molecule has 0 radical (unpaired) electrons. The van der Waals surface area contributed by atoms with Crippen LogP contribution in [0.25, 0.3) is 0 Å². The lowest BCUT2D eigenvalue weighted by Crippen LogP contribution is -2.65. The number of halogens is 3. The fraction of sp³-hybridized carbons (Fsp3) is 0.364. The molecule has 176 valence electrons. The zero-order valence-electron chi connectivity index (χ0n) is 17.8. The third-order valence-electron chi connectivity index (χ3n) is 6.32. The number of piperidine rings is 1. The van der Waals surface area contributed by atoms with Crippen molar-refractivity contribution >= 4 is 23.4 Å². The summed E-state index contributed by atoms with van der Waals surface area (Å²) in [5.41, 5.74) is -2.43. The second-order valence-corrected chi connectivity index (χ2v) is 8.70. The lowest BCUT2D eigenvalue weighted by atomic mass is 9.73. The average molecular weight is 467 g/mol. The minimum Gasteiger partial charge on any atom is -0.481 e. The first kappa shape index (κ1) is 24.2. The number of likely N-dealkylation sites (tertiary alicyclic amines) is 1. The van der Waals surface area contributed by atoms with Gasteiger partial charge in [0.1, 0.15) is 24.2 Å². The van der Waals surface area contributed by atoms with E-state index < -0.39 is 44.5 Å². The number of nitro groups is 1. The minimum atomic E-state index is -4.62. The largest absolute Gasteiger partial charge is 0.518 e. The predicted octanol–water partition coefficient (Wildman–Crippen LogP) is 5.19. The third kappa shape index (κ3) is 4.40. The lowest BCUT2D eigenvalue weighted by molar-refractivity contribution is -0.384. The van der Waals surface area contributed by atoms with Crippen molar-refractivity contribution in [3.63, 3.8) is 0 Å². The molecule has 1 saturated heterocycles. The molecule has 1 aliphatic rings. The Bertz CT molecular complexity index is 1120. The summed E-state index contributed by atoms with van der Waals surface area (Å²) in [4.78, 5) is 35.0. The summed E-state index contributed by atoms with van der Waals surface area (Å²) in [5.74, 6) is -2.10. The van der Waals surface area contributed by atoms with E-state index in [9.17, 15) is 43.1 Å². The number of hydrogen-bond donors (Lipinski definition) is 2. The van der Waals surface area contributed by atoms with Gasteiger partial charge < -0.3 is 10.2 Å². The van der Waals surface area contributed by atoms with E-state index in [1.54, 1.807) is 0 Å². The predicted molar refractivity (Wildman–Crippen MR) is 112 cm³/mol. The van der Waals surface area contributed by atoms with Crippen LogP contribution in [0.15, 0.2) is 42.5 Å². The number of carbonyl (C=O) groups is 2. The molecular formula is C22H22F3N2O6+. The molecule has 8 nitrogen and oxygen atoms in total. The van der Waals surface area contributed by atoms with Crippen LogP contribution < -0.4 is 4.48 Å². The first-order valence-electron chi connectivity index (χ1n) is 9.96. The van der Waals surface area contributed by atoms with E-state index in [1.807, 2.05) is 0 Å². The molecule has 0 saturated carbocycles. The van der Waals surface area contributed by atoms with Crippen LogP contribution in [0.3, 0.4) is 0 Å². The average Bonchev–Trinajstić information content (AvgIpc) is 2.72. The molecular weight excluding hydrogens is 445 g/mol. The molecule has 3 unspecified atom stereocenters. The number of hydrogen-bond acceptors (Lipinski definition) is 4. The van der Waals surface area contributed by atoms with Crippen molar-refractivity contribution < 1.29 is 37.9 Å². The molecule has 2 aromatic carbocycles. The topological polar surface area (TPSA) is 118 Å². The second kappa shape index (κ2) is 8.14. The Kier molecular flexibility index (Phi) is 5.97. The standard InChI is InChI=1S/C22H21F3N2O6/c1-13-3-4-14(9-18(13)22(23,24)25)15-10-21(2,19(28)29)12-27(11-15,20(30)31)17-7-5-16(6-8-17)26(32)33/h3-9,15H,10-12H2,1-2H3,(H-,28,29,30,31)/p+1. The molecule has 2 N–H and O–H groups in total. The van der Waals surface area contributed by atoms with Crippen LogP contribution in [0.5, 0.6) is 0 Å². The Morgan fingerprint density at radius 3 is 2.24 bits per heavy atom. The van der Waals surface area contributed by atoms with Crippen molar-refractivity contribution in [2.24, 2.45) is 5.41 Å². The van der Waals surface area contributed by atoms with E-state index in [2.05, 4.69) is 0 Å². The number of amides is 1. The molecule has 0 spiro atoms. The van der Waals surface area contributed by atoms with Crippen LogP contribution in [0.4, 0.5) is 29.3 Å². The fourth-order valence-electron chi connectivity index (χ4n) is 4.60. The number of nitro benzene ring substituents is 1. The van der Waals surface area contributed by atoms with Gasteiger partial charge in [-0.25, -0.2) is 0 Å². The summed E-state index contributed by atoms with van der Waals surface area (Å²) in [5, 5.41) is 31.1. The summed E-state index contributed by atoms with van der Waals surface area (Å²) in [6.07, 6.45) is -6.09. The summed E-state index contributed by atoms with van der Waals surface area (Å²) in [6.45, 7) is 2.09. The van der Waals surface area contributed by atoms with Crippen LogP contribution in [0, 0.1) is 22.5 Å². The molecule has 11 heteroatoms. The number of aryl methyl sites for hydroxylation is 1. The molecule has 3 rings (SSSR count). The number of carboxylic acids is 1. The van der Waals surface area contributed by atoms with Crippen molar-refractivity contribution in [1.82, 2.24) is 4.48 Å². The molecule has 1 fully saturated rings. The van der Waals surface area contributed by atoms with E-state index in [0.717, 1.165) is 18.2 Å². The Morgan fingerprint density at radius 2 is 1.76 bits per heavy atom. The maximum absolute atomic E-state index is 13.5. The highest BCUT2D eigenvalue weighted by Gasteiger charge is 2.56. The quantitative estimate of drug-likeness (QED) is 0.363. The van der Waals surface area contributed by atoms with Crippen molar-refractivity contribution in [3.05, 3.63) is 69.3 Å². The van der Waals surface area contributed by atoms with Gasteiger partial charge in [-0.15, -0.1) is 0 Å². The summed E-state index contributed by atoms with van der Waals surface area (Å²) in [6, 6.07) is 8.41. The number of rotatable bonds is 4. The summed E-state index contributed by atoms with van der Waals surface area (Å²) in [7, 11) is 0. The molecule has 0 aromatic heterocycles. The van der Waals surface area contributed by atoms with Crippen molar-refractivity contribution in [3.8, 4) is 0 Å². The van der Waals surface area contributed by atoms with Crippen molar-refractivity contribution in [2.75, 3.05) is 13.1 Å². The van der Waals surface area contributed by atoms with Crippen LogP contribution in [0.2, 0.25) is 0 Å². The van der Waals surface area contributed by atoms with Gasteiger partial charge in [0.25, 0.3) is 5.69 Å². The smallest absolute Gasteiger partial charge is 0.481 e. The van der Waals surface area contributed by atoms with Gasteiger partial charge in [0.15, 0.2) is 0 Å². The van der Waals surface area contributed by atoms with Gasteiger partial charge in [-0.3, -0.25) is 14.9 Å². The molecule has 0 aliphatic carbocycles. The summed E-state index contributed by atoms with van der Waals surface area (Å²) < 4.78 is 39.5. The van der Waals surface area contributed by atoms with E-state index in [-0.39, 0.29) is 42.0 Å². The highest BCUT2D eigenvalue weighted by molar-refractivity contribution is 5.84. The maximum atomic E-state index is 13.5. The monoisotopic (exact) mass is 467 g/mol. The normalized spacial score (nSPS) is 25.4. The minimum absolute atomic E-state index is 0.00240. The van der Waals surface area contributed by atoms with Gasteiger partial charge >= 0.3 is 18.2 Å². The Balaban J connectivity index is 2.17. The number of quaternary nitrogens is 1. The van der Waals surface area contributed by atoms with Gasteiger partial charge in [0.05, 0.1) is 10.5 Å². The Hall–Kier alpha value is -3.47. The molecule has 2 aromatic rings. The second-order valence-electron chi connectivity index (χ2n) is 8.70. The van der Waals surface area contributed by atoms with Gasteiger partial charge in [0.2, 0.25) is 0 Å². The zero-order valence-corrected chi connectivity index (χ0v) is 17.8. The first-order chi connectivity index (χ1) is 15.2. The summed E-state index contributed by atoms with van der Waals surface area (Å²) >= 11 is 0. The Labute approximate surface area is 186 Å². The number of non-ortho nitro benzene ring substituents is 1. The number of aliphatic carboxylic acids is 1. The maximum Gasteiger partial charge on any atom is 0.518 e. The molecule has 1 aliphatic heterocycles.